The Morgan fingerprint density at radius 1 is 1.12 bits per heavy atom. The summed E-state index contributed by atoms with van der Waals surface area (Å²) < 4.78 is 18.6. The third-order valence-corrected chi connectivity index (χ3v) is 5.01. The van der Waals surface area contributed by atoms with Gasteiger partial charge < -0.3 is 20.3 Å². The molecule has 8 heteroatoms. The van der Waals surface area contributed by atoms with Crippen molar-refractivity contribution in [3.05, 3.63) is 35.6 Å². The Labute approximate surface area is 158 Å². The number of nitrogens with two attached hydrogens (primary N) is 1. The number of benzene rings is 1. The van der Waals surface area contributed by atoms with Gasteiger partial charge in [-0.25, -0.2) is 4.39 Å². The number of ether oxygens (including phenoxy) is 1. The van der Waals surface area contributed by atoms with Crippen molar-refractivity contribution in [2.45, 2.75) is 18.9 Å². The molecule has 2 aliphatic heterocycles. The minimum Gasteiger partial charge on any atom is -0.381 e. The van der Waals surface area contributed by atoms with Crippen LogP contribution in [0.5, 0.6) is 0 Å². The molecule has 1 aromatic carbocycles. The van der Waals surface area contributed by atoms with Crippen LogP contribution in [0.2, 0.25) is 0 Å². The lowest BCUT2D eigenvalue weighted by Crippen LogP contribution is -2.56. The van der Waals surface area contributed by atoms with Crippen molar-refractivity contribution in [2.75, 3.05) is 39.4 Å². The molecule has 3 rings (SSSR count). The van der Waals surface area contributed by atoms with E-state index in [0.717, 1.165) is 12.8 Å². The summed E-state index contributed by atoms with van der Waals surface area (Å²) in [5, 5.41) is 0. The number of carbonyl (C=O) groups is 2. The van der Waals surface area contributed by atoms with Crippen LogP contribution in [0.25, 0.3) is 0 Å². The summed E-state index contributed by atoms with van der Waals surface area (Å²) in [4.78, 5) is 28.4. The molecule has 1 atom stereocenters. The fourth-order valence-electron chi connectivity index (χ4n) is 3.42. The molecule has 0 aliphatic carbocycles. The molecule has 2 aliphatic rings. The lowest BCUT2D eigenvalue weighted by atomic mass is 9.91. The monoisotopic (exact) mass is 385 g/mol. The fourth-order valence-corrected chi connectivity index (χ4v) is 3.42. The highest BCUT2D eigenvalue weighted by atomic mass is 35.5. The van der Waals surface area contributed by atoms with Crippen LogP contribution in [0.4, 0.5) is 4.39 Å². The standard InChI is InChI=1S/C18H24FN3O3.ClH/c19-15-3-1-2-14(12-15)17(23)21-6-8-22(9-7-21)18(24)16(20)13-4-10-25-11-5-13;/h1-3,12-13,16H,4-11,20H2;1H. The van der Waals surface area contributed by atoms with E-state index in [-0.39, 0.29) is 30.1 Å². The van der Waals surface area contributed by atoms with E-state index in [1.54, 1.807) is 15.9 Å². The van der Waals surface area contributed by atoms with Gasteiger partial charge in [-0.2, -0.15) is 0 Å². The van der Waals surface area contributed by atoms with Gasteiger partial charge in [-0.3, -0.25) is 9.59 Å². The molecule has 1 aromatic rings. The largest absolute Gasteiger partial charge is 0.381 e. The molecule has 2 amide bonds. The van der Waals surface area contributed by atoms with Crippen LogP contribution >= 0.6 is 12.4 Å². The second-order valence-corrected chi connectivity index (χ2v) is 6.60. The zero-order valence-electron chi connectivity index (χ0n) is 14.6. The molecular formula is C18H25ClFN3O3. The zero-order valence-corrected chi connectivity index (χ0v) is 15.4. The molecule has 0 radical (unpaired) electrons. The number of carbonyl (C=O) groups excluding carboxylic acids is 2. The summed E-state index contributed by atoms with van der Waals surface area (Å²) >= 11 is 0. The summed E-state index contributed by atoms with van der Waals surface area (Å²) in [6, 6.07) is 5.17. The highest BCUT2D eigenvalue weighted by Gasteiger charge is 2.32. The molecule has 26 heavy (non-hydrogen) atoms. The maximum Gasteiger partial charge on any atom is 0.254 e. The molecule has 6 nitrogen and oxygen atoms in total. The molecule has 2 heterocycles. The van der Waals surface area contributed by atoms with Gasteiger partial charge in [0, 0.05) is 45.0 Å². The number of hydrogen-bond acceptors (Lipinski definition) is 4. The van der Waals surface area contributed by atoms with E-state index < -0.39 is 11.9 Å². The first-order valence-electron chi connectivity index (χ1n) is 8.73. The number of amides is 2. The van der Waals surface area contributed by atoms with Crippen LogP contribution in [-0.2, 0) is 9.53 Å². The van der Waals surface area contributed by atoms with E-state index in [4.69, 9.17) is 10.5 Å². The molecule has 2 saturated heterocycles. The Morgan fingerprint density at radius 2 is 1.73 bits per heavy atom. The van der Waals surface area contributed by atoms with Gasteiger partial charge in [0.05, 0.1) is 6.04 Å². The maximum atomic E-state index is 13.3. The minimum atomic E-state index is -0.505. The number of nitrogens with zero attached hydrogens (tertiary/aromatic N) is 2. The Bertz CT molecular complexity index is 632. The van der Waals surface area contributed by atoms with Gasteiger partial charge in [-0.1, -0.05) is 6.07 Å². The molecular weight excluding hydrogens is 361 g/mol. The quantitative estimate of drug-likeness (QED) is 0.850. The summed E-state index contributed by atoms with van der Waals surface area (Å²) in [5.41, 5.74) is 6.49. The molecule has 0 aromatic heterocycles. The van der Waals surface area contributed by atoms with E-state index in [0.29, 0.717) is 45.0 Å². The second-order valence-electron chi connectivity index (χ2n) is 6.60. The highest BCUT2D eigenvalue weighted by molar-refractivity contribution is 5.94. The lowest BCUT2D eigenvalue weighted by molar-refractivity contribution is -0.136. The van der Waals surface area contributed by atoms with Gasteiger partial charge >= 0.3 is 0 Å². The molecule has 2 N–H and O–H groups in total. The van der Waals surface area contributed by atoms with Crippen LogP contribution in [-0.4, -0.2) is 67.0 Å². The van der Waals surface area contributed by atoms with E-state index in [2.05, 4.69) is 0 Å². The predicted octanol–water partition coefficient (Wildman–Crippen LogP) is 1.29. The van der Waals surface area contributed by atoms with E-state index in [1.807, 2.05) is 0 Å². The van der Waals surface area contributed by atoms with E-state index in [1.165, 1.54) is 18.2 Å². The topological polar surface area (TPSA) is 75.9 Å². The van der Waals surface area contributed by atoms with E-state index in [9.17, 15) is 14.0 Å². The van der Waals surface area contributed by atoms with Gasteiger partial charge in [0.15, 0.2) is 0 Å². The molecule has 0 bridgehead atoms. The smallest absolute Gasteiger partial charge is 0.254 e. The van der Waals surface area contributed by atoms with Gasteiger partial charge in [0.25, 0.3) is 5.91 Å². The molecule has 0 saturated carbocycles. The number of rotatable bonds is 3. The summed E-state index contributed by atoms with van der Waals surface area (Å²) in [6.07, 6.45) is 1.62. The van der Waals surface area contributed by atoms with E-state index >= 15 is 0 Å². The normalized spacial score (nSPS) is 19.6. The summed E-state index contributed by atoms with van der Waals surface area (Å²) in [7, 11) is 0. The second kappa shape index (κ2) is 9.30. The number of halogens is 2. The van der Waals surface area contributed by atoms with Crippen molar-refractivity contribution in [3.63, 3.8) is 0 Å². The molecule has 1 unspecified atom stereocenters. The van der Waals surface area contributed by atoms with Crippen LogP contribution in [0.15, 0.2) is 24.3 Å². The Balaban J connectivity index is 0.00000243. The summed E-state index contributed by atoms with van der Waals surface area (Å²) in [6.45, 7) is 3.08. The maximum absolute atomic E-state index is 13.3. The zero-order chi connectivity index (χ0) is 17.8. The first-order chi connectivity index (χ1) is 12.1. The Hall–Kier alpha value is -1.70. The molecule has 2 fully saturated rings. The Morgan fingerprint density at radius 3 is 2.35 bits per heavy atom. The molecule has 0 spiro atoms. The van der Waals surface area contributed by atoms with Crippen molar-refractivity contribution < 1.29 is 18.7 Å². The van der Waals surface area contributed by atoms with Crippen LogP contribution in [0, 0.1) is 11.7 Å². The van der Waals surface area contributed by atoms with Crippen molar-refractivity contribution in [3.8, 4) is 0 Å². The van der Waals surface area contributed by atoms with Crippen LogP contribution in [0.1, 0.15) is 23.2 Å². The van der Waals surface area contributed by atoms with Gasteiger partial charge in [-0.15, -0.1) is 12.4 Å². The van der Waals surface area contributed by atoms with Crippen LogP contribution in [0.3, 0.4) is 0 Å². The average molecular weight is 386 g/mol. The van der Waals surface area contributed by atoms with Gasteiger partial charge in [-0.05, 0) is 37.0 Å². The number of piperazine rings is 1. The van der Waals surface area contributed by atoms with Crippen molar-refractivity contribution >= 4 is 24.2 Å². The van der Waals surface area contributed by atoms with Crippen molar-refractivity contribution in [1.29, 1.82) is 0 Å². The first-order valence-corrected chi connectivity index (χ1v) is 8.73. The van der Waals surface area contributed by atoms with Crippen LogP contribution < -0.4 is 5.73 Å². The van der Waals surface area contributed by atoms with Crippen molar-refractivity contribution in [1.82, 2.24) is 9.80 Å². The SMILES string of the molecule is Cl.NC(C(=O)N1CCN(C(=O)c2cccc(F)c2)CC1)C1CCOCC1. The lowest BCUT2D eigenvalue weighted by Gasteiger charge is -2.37. The number of hydrogen-bond donors (Lipinski definition) is 1. The van der Waals surface area contributed by atoms with Crippen molar-refractivity contribution in [2.24, 2.45) is 11.7 Å². The predicted molar refractivity (Wildman–Crippen MR) is 97.6 cm³/mol. The van der Waals surface area contributed by atoms with Gasteiger partial charge in [0.1, 0.15) is 5.82 Å². The third-order valence-electron chi connectivity index (χ3n) is 5.01. The van der Waals surface area contributed by atoms with Gasteiger partial charge in [0.2, 0.25) is 5.91 Å². The average Bonchev–Trinajstić information content (AvgIpc) is 2.67. The third kappa shape index (κ3) is 4.72. The highest BCUT2D eigenvalue weighted by Crippen LogP contribution is 2.20. The molecule has 144 valence electrons. The minimum absolute atomic E-state index is 0. The summed E-state index contributed by atoms with van der Waals surface area (Å²) in [5.74, 6) is -0.527. The Kier molecular flexibility index (Phi) is 7.37. The fraction of sp³-hybridized carbons (Fsp3) is 0.556. The first kappa shape index (κ1) is 20.6.